The Bertz CT molecular complexity index is 704. The fraction of sp³-hybridized carbons (Fsp3) is 0.588. The van der Waals surface area contributed by atoms with Crippen LogP contribution in [-0.4, -0.2) is 36.6 Å². The van der Waals surface area contributed by atoms with E-state index in [1.807, 2.05) is 31.3 Å². The third kappa shape index (κ3) is 6.75. The second-order valence-corrected chi connectivity index (χ2v) is 7.77. The van der Waals surface area contributed by atoms with Crippen LogP contribution in [0.3, 0.4) is 0 Å². The van der Waals surface area contributed by atoms with Gasteiger partial charge in [-0.05, 0) is 6.92 Å². The number of guanidine groups is 1. The number of anilines is 1. The first-order valence-corrected chi connectivity index (χ1v) is 9.26. The molecule has 0 unspecified atom stereocenters. The summed E-state index contributed by atoms with van der Waals surface area (Å²) in [7, 11) is 3.97. The zero-order chi connectivity index (χ0) is 18.4. The fourth-order valence-corrected chi connectivity index (χ4v) is 2.72. The molecule has 0 spiro atoms. The maximum absolute atomic E-state index is 5.80. The topological polar surface area (TPSA) is 78.6 Å². The molecule has 0 aliphatic heterocycles. The number of halogens is 1. The molecule has 2 aromatic rings. The largest absolute Gasteiger partial charge is 0.443 e. The second-order valence-electron chi connectivity index (χ2n) is 6.93. The van der Waals surface area contributed by atoms with E-state index in [2.05, 4.69) is 46.4 Å². The van der Waals surface area contributed by atoms with Gasteiger partial charge >= 0.3 is 0 Å². The van der Waals surface area contributed by atoms with E-state index < -0.39 is 0 Å². The minimum Gasteiger partial charge on any atom is -0.443 e. The van der Waals surface area contributed by atoms with Crippen LogP contribution < -0.4 is 15.5 Å². The molecule has 7 nitrogen and oxygen atoms in total. The number of hydrogen-bond donors (Lipinski definition) is 2. The van der Waals surface area contributed by atoms with Crippen molar-refractivity contribution >= 4 is 46.4 Å². The van der Waals surface area contributed by atoms with Crippen LogP contribution in [0.1, 0.15) is 45.0 Å². The molecular formula is C17H29IN6OS. The molecule has 2 N–H and O–H groups in total. The van der Waals surface area contributed by atoms with Crippen LogP contribution in [0.5, 0.6) is 0 Å². The van der Waals surface area contributed by atoms with Crippen LogP contribution in [0.4, 0.5) is 5.13 Å². The van der Waals surface area contributed by atoms with E-state index in [0.29, 0.717) is 19.0 Å². The van der Waals surface area contributed by atoms with Crippen molar-refractivity contribution in [1.29, 1.82) is 0 Å². The molecule has 26 heavy (non-hydrogen) atoms. The van der Waals surface area contributed by atoms with Gasteiger partial charge in [0.2, 0.25) is 5.89 Å². The van der Waals surface area contributed by atoms with Gasteiger partial charge in [0.1, 0.15) is 5.76 Å². The molecular weight excluding hydrogens is 463 g/mol. The number of rotatable bonds is 6. The first kappa shape index (κ1) is 22.7. The summed E-state index contributed by atoms with van der Waals surface area (Å²) in [6.45, 7) is 10.1. The molecule has 0 atom stereocenters. The van der Waals surface area contributed by atoms with Gasteiger partial charge in [0.15, 0.2) is 11.1 Å². The zero-order valence-corrected chi connectivity index (χ0v) is 19.4. The number of hydrogen-bond acceptors (Lipinski definition) is 6. The lowest BCUT2D eigenvalue weighted by atomic mass is 9.94. The molecule has 0 aliphatic rings. The van der Waals surface area contributed by atoms with E-state index in [4.69, 9.17) is 4.42 Å². The molecule has 2 heterocycles. The predicted octanol–water partition coefficient (Wildman–Crippen LogP) is 3.37. The Hall–Kier alpha value is -1.36. The zero-order valence-electron chi connectivity index (χ0n) is 16.3. The Kier molecular flexibility index (Phi) is 8.81. The second kappa shape index (κ2) is 10.1. The summed E-state index contributed by atoms with van der Waals surface area (Å²) in [6.07, 6.45) is 1.79. The number of aliphatic imine (C=N–C) groups is 1. The lowest BCUT2D eigenvalue weighted by molar-refractivity contribution is 0.379. The van der Waals surface area contributed by atoms with Crippen LogP contribution in [0.15, 0.2) is 21.0 Å². The van der Waals surface area contributed by atoms with Gasteiger partial charge in [0.25, 0.3) is 0 Å². The molecule has 0 aromatic carbocycles. The van der Waals surface area contributed by atoms with E-state index in [-0.39, 0.29) is 29.4 Å². The van der Waals surface area contributed by atoms with Crippen LogP contribution in [-0.2, 0) is 18.5 Å². The highest BCUT2D eigenvalue weighted by atomic mass is 127. The molecule has 0 bridgehead atoms. The van der Waals surface area contributed by atoms with E-state index >= 15 is 0 Å². The average molecular weight is 492 g/mol. The maximum atomic E-state index is 5.80. The molecule has 9 heteroatoms. The summed E-state index contributed by atoms with van der Waals surface area (Å²) < 4.78 is 5.80. The van der Waals surface area contributed by atoms with Crippen LogP contribution in [0, 0.1) is 0 Å². The summed E-state index contributed by atoms with van der Waals surface area (Å²) >= 11 is 1.62. The molecule has 2 rings (SSSR count). The number of oxazole rings is 1. The standard InChI is InChI=1S/C17H28N6OS.HI/c1-7-18-15(20-8-12-11-25-16(22-12)23(5)6)21-10-14-19-9-13(24-14)17(2,3)4;/h9,11H,7-8,10H2,1-6H3,(H2,18,20,21);1H. The highest BCUT2D eigenvalue weighted by molar-refractivity contribution is 14.0. The van der Waals surface area contributed by atoms with Crippen molar-refractivity contribution in [2.75, 3.05) is 25.5 Å². The van der Waals surface area contributed by atoms with E-state index in [1.54, 1.807) is 17.5 Å². The summed E-state index contributed by atoms with van der Waals surface area (Å²) in [4.78, 5) is 15.4. The van der Waals surface area contributed by atoms with Gasteiger partial charge in [0, 0.05) is 31.4 Å². The fourth-order valence-electron chi connectivity index (χ4n) is 1.97. The van der Waals surface area contributed by atoms with Gasteiger partial charge in [-0.15, -0.1) is 35.3 Å². The third-order valence-electron chi connectivity index (χ3n) is 3.37. The van der Waals surface area contributed by atoms with E-state index in [9.17, 15) is 0 Å². The highest BCUT2D eigenvalue weighted by Gasteiger charge is 2.19. The van der Waals surface area contributed by atoms with Crippen molar-refractivity contribution in [2.45, 2.75) is 46.2 Å². The van der Waals surface area contributed by atoms with Gasteiger partial charge < -0.3 is 20.0 Å². The molecule has 0 saturated carbocycles. The highest BCUT2D eigenvalue weighted by Crippen LogP contribution is 2.22. The van der Waals surface area contributed by atoms with Gasteiger partial charge in [0.05, 0.1) is 25.0 Å². The number of thiazole rings is 1. The first-order chi connectivity index (χ1) is 11.8. The summed E-state index contributed by atoms with van der Waals surface area (Å²) in [5.74, 6) is 2.25. The van der Waals surface area contributed by atoms with Crippen molar-refractivity contribution in [1.82, 2.24) is 20.6 Å². The minimum absolute atomic E-state index is 0. The number of nitrogens with one attached hydrogen (secondary N) is 2. The predicted molar refractivity (Wildman–Crippen MR) is 119 cm³/mol. The lowest BCUT2D eigenvalue weighted by Crippen LogP contribution is -2.36. The van der Waals surface area contributed by atoms with Crippen LogP contribution >= 0.6 is 35.3 Å². The Morgan fingerprint density at radius 2 is 2.04 bits per heavy atom. The normalized spacial score (nSPS) is 11.8. The molecule has 0 amide bonds. The minimum atomic E-state index is -0.0431. The smallest absolute Gasteiger partial charge is 0.213 e. The van der Waals surface area contributed by atoms with E-state index in [0.717, 1.165) is 29.1 Å². The average Bonchev–Trinajstić information content (AvgIpc) is 3.18. The van der Waals surface area contributed by atoms with Gasteiger partial charge in [-0.3, -0.25) is 0 Å². The Morgan fingerprint density at radius 1 is 1.31 bits per heavy atom. The van der Waals surface area contributed by atoms with E-state index in [1.165, 1.54) is 0 Å². The summed E-state index contributed by atoms with van der Waals surface area (Å²) in [5, 5.41) is 9.49. The van der Waals surface area contributed by atoms with Crippen molar-refractivity contribution in [2.24, 2.45) is 4.99 Å². The molecule has 0 aliphatic carbocycles. The molecule has 0 saturated heterocycles. The molecule has 0 fully saturated rings. The van der Waals surface area contributed by atoms with Crippen LogP contribution in [0.2, 0.25) is 0 Å². The SMILES string of the molecule is CCNC(=NCc1csc(N(C)C)n1)NCc1ncc(C(C)(C)C)o1.I. The quantitative estimate of drug-likeness (QED) is 0.366. The van der Waals surface area contributed by atoms with Gasteiger partial charge in [-0.2, -0.15) is 0 Å². The third-order valence-corrected chi connectivity index (χ3v) is 4.42. The van der Waals surface area contributed by atoms with Crippen molar-refractivity contribution in [3.63, 3.8) is 0 Å². The molecule has 146 valence electrons. The molecule has 2 aromatic heterocycles. The van der Waals surface area contributed by atoms with Crippen molar-refractivity contribution < 1.29 is 4.42 Å². The van der Waals surface area contributed by atoms with Crippen molar-refractivity contribution in [3.8, 4) is 0 Å². The van der Waals surface area contributed by atoms with Gasteiger partial charge in [-0.25, -0.2) is 15.0 Å². The Balaban J connectivity index is 0.00000338. The lowest BCUT2D eigenvalue weighted by Gasteiger charge is -2.13. The number of aromatic nitrogens is 2. The monoisotopic (exact) mass is 492 g/mol. The number of nitrogens with zero attached hydrogens (tertiary/aromatic N) is 4. The molecule has 0 radical (unpaired) electrons. The van der Waals surface area contributed by atoms with Crippen molar-refractivity contribution in [3.05, 3.63) is 28.9 Å². The first-order valence-electron chi connectivity index (χ1n) is 8.38. The van der Waals surface area contributed by atoms with Gasteiger partial charge in [-0.1, -0.05) is 20.8 Å². The maximum Gasteiger partial charge on any atom is 0.213 e. The van der Waals surface area contributed by atoms with Crippen LogP contribution in [0.25, 0.3) is 0 Å². The Labute approximate surface area is 176 Å². The Morgan fingerprint density at radius 3 is 2.58 bits per heavy atom. The summed E-state index contributed by atoms with van der Waals surface area (Å²) in [5.41, 5.74) is 0.913. The summed E-state index contributed by atoms with van der Waals surface area (Å²) in [6, 6.07) is 0.